The van der Waals surface area contributed by atoms with E-state index in [1.165, 1.54) is 11.3 Å². The van der Waals surface area contributed by atoms with Crippen molar-refractivity contribution in [2.45, 2.75) is 6.92 Å². The number of aromatic carboxylic acids is 1. The Labute approximate surface area is 102 Å². The first kappa shape index (κ1) is 11.2. The average Bonchev–Trinajstić information content (AvgIpc) is 2.70. The maximum atomic E-state index is 10.8. The van der Waals surface area contributed by atoms with Crippen molar-refractivity contribution in [3.63, 3.8) is 0 Å². The Morgan fingerprint density at radius 3 is 2.69 bits per heavy atom. The van der Waals surface area contributed by atoms with Crippen molar-refractivity contribution < 1.29 is 9.90 Å². The lowest BCUT2D eigenvalue weighted by Crippen LogP contribution is -1.89. The first-order valence-electron chi connectivity index (χ1n) is 4.67. The van der Waals surface area contributed by atoms with Crippen LogP contribution in [0.1, 0.15) is 15.2 Å². The molecule has 1 aromatic carbocycles. The van der Waals surface area contributed by atoms with Crippen LogP contribution in [0.3, 0.4) is 0 Å². The summed E-state index contributed by atoms with van der Waals surface area (Å²) < 4.78 is 0. The molecule has 0 amide bonds. The first-order chi connectivity index (χ1) is 7.58. The number of carboxylic acid groups (broad SMARTS) is 1. The van der Waals surface area contributed by atoms with Gasteiger partial charge in [-0.05, 0) is 31.2 Å². The Balaban J connectivity index is 2.50. The molecule has 1 heterocycles. The molecule has 2 rings (SSSR count). The molecule has 16 heavy (non-hydrogen) atoms. The Kier molecular flexibility index (Phi) is 2.99. The molecule has 2 aromatic rings. The van der Waals surface area contributed by atoms with Gasteiger partial charge in [-0.25, -0.2) is 4.79 Å². The molecule has 1 aromatic heterocycles. The number of aryl methyl sites for hydroxylation is 1. The topological polar surface area (TPSA) is 37.3 Å². The zero-order valence-electron chi connectivity index (χ0n) is 8.53. The summed E-state index contributed by atoms with van der Waals surface area (Å²) in [6, 6.07) is 9.10. The predicted octanol–water partition coefficient (Wildman–Crippen LogP) is 4.08. The molecule has 0 atom stereocenters. The van der Waals surface area contributed by atoms with Crippen molar-refractivity contribution in [1.82, 2.24) is 0 Å². The van der Waals surface area contributed by atoms with Crippen LogP contribution in [0.5, 0.6) is 0 Å². The number of halogens is 1. The van der Waals surface area contributed by atoms with Crippen molar-refractivity contribution in [2.75, 3.05) is 0 Å². The Hall–Kier alpha value is -1.32. The number of rotatable bonds is 2. The zero-order chi connectivity index (χ0) is 11.7. The molecular weight excluding hydrogens is 244 g/mol. The van der Waals surface area contributed by atoms with Crippen molar-refractivity contribution in [3.8, 4) is 10.4 Å². The highest BCUT2D eigenvalue weighted by Crippen LogP contribution is 2.33. The second-order valence-electron chi connectivity index (χ2n) is 3.45. The van der Waals surface area contributed by atoms with Gasteiger partial charge in [0.15, 0.2) is 0 Å². The highest BCUT2D eigenvalue weighted by Gasteiger charge is 2.10. The van der Waals surface area contributed by atoms with E-state index in [4.69, 9.17) is 16.7 Å². The summed E-state index contributed by atoms with van der Waals surface area (Å²) in [5.74, 6) is -0.903. The standard InChI is InChI=1S/C12H9ClO2S/c1-7-2-3-9(13)8(6-7)10-4-5-11(16-10)12(14)15/h2-6H,1H3,(H,14,15). The minimum absolute atomic E-state index is 0.326. The molecule has 2 nitrogen and oxygen atoms in total. The van der Waals surface area contributed by atoms with Gasteiger partial charge in [-0.2, -0.15) is 0 Å². The number of carbonyl (C=O) groups is 1. The number of carboxylic acids is 1. The van der Waals surface area contributed by atoms with Crippen LogP contribution in [-0.2, 0) is 0 Å². The highest BCUT2D eigenvalue weighted by molar-refractivity contribution is 7.17. The summed E-state index contributed by atoms with van der Waals surface area (Å²) in [6.07, 6.45) is 0. The monoisotopic (exact) mass is 252 g/mol. The van der Waals surface area contributed by atoms with Crippen LogP contribution in [0.25, 0.3) is 10.4 Å². The van der Waals surface area contributed by atoms with Crippen molar-refractivity contribution in [3.05, 3.63) is 45.8 Å². The van der Waals surface area contributed by atoms with Gasteiger partial charge in [0.1, 0.15) is 4.88 Å². The third-order valence-corrected chi connectivity index (χ3v) is 3.64. The van der Waals surface area contributed by atoms with Gasteiger partial charge in [-0.1, -0.05) is 23.2 Å². The third-order valence-electron chi connectivity index (χ3n) is 2.20. The highest BCUT2D eigenvalue weighted by atomic mass is 35.5. The predicted molar refractivity (Wildman–Crippen MR) is 66.5 cm³/mol. The van der Waals surface area contributed by atoms with Gasteiger partial charge in [0.05, 0.1) is 0 Å². The van der Waals surface area contributed by atoms with Gasteiger partial charge in [0, 0.05) is 15.5 Å². The third kappa shape index (κ3) is 2.10. The van der Waals surface area contributed by atoms with Gasteiger partial charge in [0.25, 0.3) is 0 Å². The summed E-state index contributed by atoms with van der Waals surface area (Å²) in [4.78, 5) is 12.0. The maximum Gasteiger partial charge on any atom is 0.345 e. The van der Waals surface area contributed by atoms with E-state index in [1.54, 1.807) is 12.1 Å². The molecular formula is C12H9ClO2S. The number of hydrogen-bond donors (Lipinski definition) is 1. The van der Waals surface area contributed by atoms with Crippen LogP contribution >= 0.6 is 22.9 Å². The SMILES string of the molecule is Cc1ccc(Cl)c(-c2ccc(C(=O)O)s2)c1. The van der Waals surface area contributed by atoms with E-state index in [2.05, 4.69) is 0 Å². The van der Waals surface area contributed by atoms with Gasteiger partial charge in [-0.15, -0.1) is 11.3 Å². The van der Waals surface area contributed by atoms with Gasteiger partial charge >= 0.3 is 5.97 Å². The molecule has 4 heteroatoms. The lowest BCUT2D eigenvalue weighted by molar-refractivity contribution is 0.0702. The quantitative estimate of drug-likeness (QED) is 0.875. The van der Waals surface area contributed by atoms with E-state index in [0.29, 0.717) is 9.90 Å². The largest absolute Gasteiger partial charge is 0.477 e. The molecule has 0 spiro atoms. The average molecular weight is 253 g/mol. The number of hydrogen-bond acceptors (Lipinski definition) is 2. The molecule has 0 saturated carbocycles. The normalized spacial score (nSPS) is 10.4. The van der Waals surface area contributed by atoms with E-state index in [1.807, 2.05) is 25.1 Å². The van der Waals surface area contributed by atoms with E-state index in [0.717, 1.165) is 16.0 Å². The molecule has 0 radical (unpaired) electrons. The van der Waals surface area contributed by atoms with Crippen LogP contribution in [0.15, 0.2) is 30.3 Å². The zero-order valence-corrected chi connectivity index (χ0v) is 10.1. The second kappa shape index (κ2) is 4.28. The fourth-order valence-electron chi connectivity index (χ4n) is 1.43. The molecule has 0 fully saturated rings. The smallest absolute Gasteiger partial charge is 0.345 e. The lowest BCUT2D eigenvalue weighted by Gasteiger charge is -2.02. The second-order valence-corrected chi connectivity index (χ2v) is 4.94. The van der Waals surface area contributed by atoms with E-state index in [-0.39, 0.29) is 0 Å². The number of benzene rings is 1. The van der Waals surface area contributed by atoms with Crippen molar-refractivity contribution in [1.29, 1.82) is 0 Å². The van der Waals surface area contributed by atoms with Gasteiger partial charge in [0.2, 0.25) is 0 Å². The van der Waals surface area contributed by atoms with E-state index < -0.39 is 5.97 Å². The van der Waals surface area contributed by atoms with E-state index >= 15 is 0 Å². The summed E-state index contributed by atoms with van der Waals surface area (Å²) in [5.41, 5.74) is 1.99. The van der Waals surface area contributed by atoms with Crippen LogP contribution in [-0.4, -0.2) is 11.1 Å². The molecule has 0 aliphatic heterocycles. The van der Waals surface area contributed by atoms with E-state index in [9.17, 15) is 4.79 Å². The molecule has 0 aliphatic rings. The van der Waals surface area contributed by atoms with Crippen LogP contribution in [0.4, 0.5) is 0 Å². The van der Waals surface area contributed by atoms with Crippen LogP contribution in [0.2, 0.25) is 5.02 Å². The Morgan fingerprint density at radius 1 is 1.31 bits per heavy atom. The van der Waals surface area contributed by atoms with Crippen LogP contribution in [0, 0.1) is 6.92 Å². The summed E-state index contributed by atoms with van der Waals surface area (Å²) >= 11 is 7.31. The summed E-state index contributed by atoms with van der Waals surface area (Å²) in [6.45, 7) is 1.98. The van der Waals surface area contributed by atoms with Crippen molar-refractivity contribution >= 4 is 28.9 Å². The van der Waals surface area contributed by atoms with Gasteiger partial charge < -0.3 is 5.11 Å². The molecule has 0 bridgehead atoms. The van der Waals surface area contributed by atoms with Crippen molar-refractivity contribution in [2.24, 2.45) is 0 Å². The summed E-state index contributed by atoms with van der Waals surface area (Å²) in [7, 11) is 0. The number of thiophene rings is 1. The Bertz CT molecular complexity index is 546. The van der Waals surface area contributed by atoms with Gasteiger partial charge in [-0.3, -0.25) is 0 Å². The molecule has 0 saturated heterocycles. The fourth-order valence-corrected chi connectivity index (χ4v) is 2.58. The summed E-state index contributed by atoms with van der Waals surface area (Å²) in [5, 5.41) is 9.49. The molecule has 0 unspecified atom stereocenters. The maximum absolute atomic E-state index is 10.8. The first-order valence-corrected chi connectivity index (χ1v) is 5.87. The molecule has 0 aliphatic carbocycles. The minimum Gasteiger partial charge on any atom is -0.477 e. The lowest BCUT2D eigenvalue weighted by atomic mass is 10.1. The fraction of sp³-hybridized carbons (Fsp3) is 0.0833. The van der Waals surface area contributed by atoms with Crippen LogP contribution < -0.4 is 0 Å². The molecule has 82 valence electrons. The Morgan fingerprint density at radius 2 is 2.06 bits per heavy atom. The molecule has 1 N–H and O–H groups in total. The minimum atomic E-state index is -0.903.